The van der Waals surface area contributed by atoms with Gasteiger partial charge in [-0.05, 0) is 42.7 Å². The maximum atomic E-state index is 12.5. The number of methoxy groups -OCH3 is 1. The molecule has 144 valence electrons. The van der Waals surface area contributed by atoms with Gasteiger partial charge in [0.25, 0.3) is 0 Å². The van der Waals surface area contributed by atoms with Gasteiger partial charge >= 0.3 is 0 Å². The lowest BCUT2D eigenvalue weighted by molar-refractivity contribution is -0.122. The molecule has 0 aromatic heterocycles. The van der Waals surface area contributed by atoms with Gasteiger partial charge in [0.15, 0.2) is 0 Å². The maximum absolute atomic E-state index is 12.5. The number of ether oxygens (including phenoxy) is 2. The molecular formula is C22H28N2O3. The molecule has 1 amide bonds. The lowest BCUT2D eigenvalue weighted by Gasteiger charge is -2.22. The minimum absolute atomic E-state index is 0.0273. The summed E-state index contributed by atoms with van der Waals surface area (Å²) < 4.78 is 11.5. The van der Waals surface area contributed by atoms with Gasteiger partial charge in [-0.15, -0.1) is 0 Å². The summed E-state index contributed by atoms with van der Waals surface area (Å²) in [4.78, 5) is 14.7. The average molecular weight is 368 g/mol. The standard InChI is InChI=1S/C22H28N2O3/c1-4-19-14-24(13-18-11-20(26-3)9-10-21(18)27-19)15-22(25)23-12-17-8-6-5-7-16(17)2/h5-11,19H,4,12-15H2,1-3H3,(H,23,25). The van der Waals surface area contributed by atoms with E-state index in [1.54, 1.807) is 7.11 Å². The third-order valence-corrected chi connectivity index (χ3v) is 4.98. The van der Waals surface area contributed by atoms with E-state index in [0.717, 1.165) is 35.6 Å². The molecule has 1 N–H and O–H groups in total. The molecule has 0 bridgehead atoms. The SMILES string of the molecule is CCC1CN(CC(=O)NCc2ccccc2C)Cc2cc(OC)ccc2O1. The van der Waals surface area contributed by atoms with Crippen LogP contribution in [0.15, 0.2) is 42.5 Å². The van der Waals surface area contributed by atoms with Crippen molar-refractivity contribution in [2.75, 3.05) is 20.2 Å². The third kappa shape index (κ3) is 5.01. The lowest BCUT2D eigenvalue weighted by atomic mass is 10.1. The Balaban J connectivity index is 1.65. The second-order valence-corrected chi connectivity index (χ2v) is 6.99. The van der Waals surface area contributed by atoms with Crippen LogP contribution < -0.4 is 14.8 Å². The predicted molar refractivity (Wildman–Crippen MR) is 106 cm³/mol. The number of nitrogens with one attached hydrogen (secondary N) is 1. The molecule has 1 atom stereocenters. The zero-order valence-corrected chi connectivity index (χ0v) is 16.3. The molecular weight excluding hydrogens is 340 g/mol. The predicted octanol–water partition coefficient (Wildman–Crippen LogP) is 3.29. The highest BCUT2D eigenvalue weighted by Crippen LogP contribution is 2.29. The van der Waals surface area contributed by atoms with Crippen LogP contribution in [0.3, 0.4) is 0 Å². The van der Waals surface area contributed by atoms with Gasteiger partial charge in [0, 0.05) is 25.2 Å². The second kappa shape index (κ2) is 8.91. The molecule has 2 aromatic carbocycles. The van der Waals surface area contributed by atoms with E-state index in [-0.39, 0.29) is 12.0 Å². The van der Waals surface area contributed by atoms with E-state index in [2.05, 4.69) is 30.1 Å². The number of rotatable bonds is 6. The largest absolute Gasteiger partial charge is 0.497 e. The van der Waals surface area contributed by atoms with Gasteiger partial charge < -0.3 is 14.8 Å². The van der Waals surface area contributed by atoms with E-state index in [1.165, 1.54) is 5.56 Å². The third-order valence-electron chi connectivity index (χ3n) is 4.98. The summed E-state index contributed by atoms with van der Waals surface area (Å²) >= 11 is 0. The minimum atomic E-state index is 0.0273. The van der Waals surface area contributed by atoms with Gasteiger partial charge in [0.05, 0.1) is 13.7 Å². The lowest BCUT2D eigenvalue weighted by Crippen LogP contribution is -2.40. The number of carbonyl (C=O) groups is 1. The van der Waals surface area contributed by atoms with E-state index < -0.39 is 0 Å². The first kappa shape index (κ1) is 19.2. The fraction of sp³-hybridized carbons (Fsp3) is 0.409. The van der Waals surface area contributed by atoms with Gasteiger partial charge in [-0.3, -0.25) is 9.69 Å². The summed E-state index contributed by atoms with van der Waals surface area (Å²) in [5.41, 5.74) is 3.39. The highest BCUT2D eigenvalue weighted by molar-refractivity contribution is 5.78. The maximum Gasteiger partial charge on any atom is 0.234 e. The smallest absolute Gasteiger partial charge is 0.234 e. The van der Waals surface area contributed by atoms with Crippen molar-refractivity contribution < 1.29 is 14.3 Å². The van der Waals surface area contributed by atoms with Crippen molar-refractivity contribution in [1.82, 2.24) is 10.2 Å². The van der Waals surface area contributed by atoms with Gasteiger partial charge in [0.2, 0.25) is 5.91 Å². The Morgan fingerprint density at radius 1 is 1.30 bits per heavy atom. The molecule has 5 nitrogen and oxygen atoms in total. The Bertz CT molecular complexity index is 791. The molecule has 1 unspecified atom stereocenters. The number of benzene rings is 2. The van der Waals surface area contributed by atoms with Crippen LogP contribution in [0.1, 0.15) is 30.0 Å². The monoisotopic (exact) mass is 368 g/mol. The van der Waals surface area contributed by atoms with Gasteiger partial charge in [0.1, 0.15) is 17.6 Å². The van der Waals surface area contributed by atoms with Gasteiger partial charge in [-0.2, -0.15) is 0 Å². The Morgan fingerprint density at radius 2 is 2.11 bits per heavy atom. The molecule has 5 heteroatoms. The van der Waals surface area contributed by atoms with Gasteiger partial charge in [-0.1, -0.05) is 31.2 Å². The number of fused-ring (bicyclic) bond motifs is 1. The summed E-state index contributed by atoms with van der Waals surface area (Å²) in [6.45, 7) is 6.46. The van der Waals surface area contributed by atoms with Crippen molar-refractivity contribution >= 4 is 5.91 Å². The number of carbonyl (C=O) groups excluding carboxylic acids is 1. The Hall–Kier alpha value is -2.53. The summed E-state index contributed by atoms with van der Waals surface area (Å²) in [5, 5.41) is 3.04. The fourth-order valence-electron chi connectivity index (χ4n) is 3.33. The molecule has 0 aliphatic carbocycles. The summed E-state index contributed by atoms with van der Waals surface area (Å²) in [6.07, 6.45) is 0.969. The first-order chi connectivity index (χ1) is 13.1. The molecule has 0 saturated heterocycles. The quantitative estimate of drug-likeness (QED) is 0.850. The van der Waals surface area contributed by atoms with E-state index in [9.17, 15) is 4.79 Å². The van der Waals surface area contributed by atoms with Crippen LogP contribution in [0.5, 0.6) is 11.5 Å². The van der Waals surface area contributed by atoms with Crippen molar-refractivity contribution in [3.63, 3.8) is 0 Å². The van der Waals surface area contributed by atoms with Crippen molar-refractivity contribution in [3.05, 3.63) is 59.2 Å². The topological polar surface area (TPSA) is 50.8 Å². The van der Waals surface area contributed by atoms with Crippen molar-refractivity contribution in [1.29, 1.82) is 0 Å². The first-order valence-corrected chi connectivity index (χ1v) is 9.46. The number of aryl methyl sites for hydroxylation is 1. The van der Waals surface area contributed by atoms with Crippen LogP contribution in [-0.2, 0) is 17.9 Å². The average Bonchev–Trinajstić information content (AvgIpc) is 2.85. The summed E-state index contributed by atoms with van der Waals surface area (Å²) in [5.74, 6) is 1.71. The van der Waals surface area contributed by atoms with Crippen LogP contribution >= 0.6 is 0 Å². The molecule has 1 aliphatic heterocycles. The molecule has 1 heterocycles. The molecule has 0 spiro atoms. The van der Waals surface area contributed by atoms with Crippen molar-refractivity contribution in [2.24, 2.45) is 0 Å². The number of hydrogen-bond acceptors (Lipinski definition) is 4. The highest BCUT2D eigenvalue weighted by Gasteiger charge is 2.23. The molecule has 0 fully saturated rings. The summed E-state index contributed by atoms with van der Waals surface area (Å²) in [6, 6.07) is 14.0. The van der Waals surface area contributed by atoms with Crippen LogP contribution in [0.25, 0.3) is 0 Å². The Labute approximate surface area is 161 Å². The van der Waals surface area contributed by atoms with Gasteiger partial charge in [-0.25, -0.2) is 0 Å². The molecule has 2 aromatic rings. The second-order valence-electron chi connectivity index (χ2n) is 6.99. The van der Waals surface area contributed by atoms with E-state index in [0.29, 0.717) is 19.6 Å². The Morgan fingerprint density at radius 3 is 2.85 bits per heavy atom. The Kier molecular flexibility index (Phi) is 6.35. The van der Waals surface area contributed by atoms with E-state index in [1.807, 2.05) is 36.4 Å². The molecule has 1 aliphatic rings. The molecule has 0 saturated carbocycles. The van der Waals surface area contributed by atoms with Crippen molar-refractivity contribution in [3.8, 4) is 11.5 Å². The number of hydrogen-bond donors (Lipinski definition) is 1. The normalized spacial score (nSPS) is 16.8. The van der Waals surface area contributed by atoms with Crippen molar-refractivity contribution in [2.45, 2.75) is 39.5 Å². The zero-order valence-electron chi connectivity index (χ0n) is 16.3. The fourth-order valence-corrected chi connectivity index (χ4v) is 3.33. The zero-order chi connectivity index (χ0) is 19.2. The number of nitrogens with zero attached hydrogens (tertiary/aromatic N) is 1. The van der Waals surface area contributed by atoms with E-state index in [4.69, 9.17) is 9.47 Å². The van der Waals surface area contributed by atoms with Crippen LogP contribution in [-0.4, -0.2) is 37.1 Å². The van der Waals surface area contributed by atoms with Crippen LogP contribution in [0, 0.1) is 6.92 Å². The molecule has 3 rings (SSSR count). The number of amides is 1. The highest BCUT2D eigenvalue weighted by atomic mass is 16.5. The molecule has 0 radical (unpaired) electrons. The molecule has 27 heavy (non-hydrogen) atoms. The first-order valence-electron chi connectivity index (χ1n) is 9.46. The van der Waals surface area contributed by atoms with E-state index >= 15 is 0 Å². The van der Waals surface area contributed by atoms with Crippen LogP contribution in [0.2, 0.25) is 0 Å². The summed E-state index contributed by atoms with van der Waals surface area (Å²) in [7, 11) is 1.66. The minimum Gasteiger partial charge on any atom is -0.497 e. The van der Waals surface area contributed by atoms with Crippen LogP contribution in [0.4, 0.5) is 0 Å².